The van der Waals surface area contributed by atoms with Gasteiger partial charge in [0.25, 0.3) is 0 Å². The van der Waals surface area contributed by atoms with Gasteiger partial charge in [-0.05, 0) is 60.0 Å². The number of carbonyl (C=O) groups excluding carboxylic acids is 1. The Balaban J connectivity index is 1.88. The van der Waals surface area contributed by atoms with Gasteiger partial charge in [-0.25, -0.2) is 12.8 Å². The minimum absolute atomic E-state index is 0.0146. The summed E-state index contributed by atoms with van der Waals surface area (Å²) in [6.07, 6.45) is 0.721. The number of rotatable bonds is 8. The molecule has 0 saturated heterocycles. The van der Waals surface area contributed by atoms with Crippen LogP contribution >= 0.6 is 11.6 Å². The van der Waals surface area contributed by atoms with Crippen LogP contribution < -0.4 is 5.32 Å². The van der Waals surface area contributed by atoms with Crippen LogP contribution in [0.25, 0.3) is 0 Å². The summed E-state index contributed by atoms with van der Waals surface area (Å²) in [6.45, 7) is 1.48. The molecule has 0 bridgehead atoms. The molecule has 31 heavy (non-hydrogen) atoms. The first-order valence-corrected chi connectivity index (χ1v) is 11.5. The fourth-order valence-corrected chi connectivity index (χ4v) is 4.59. The minimum atomic E-state index is -4.01. The van der Waals surface area contributed by atoms with Crippen molar-refractivity contribution in [2.75, 3.05) is 11.9 Å². The lowest BCUT2D eigenvalue weighted by atomic mass is 10.1. The predicted molar refractivity (Wildman–Crippen MR) is 120 cm³/mol. The Morgan fingerprint density at radius 3 is 2.29 bits per heavy atom. The molecule has 0 unspecified atom stereocenters. The third kappa shape index (κ3) is 5.91. The Morgan fingerprint density at radius 2 is 1.65 bits per heavy atom. The summed E-state index contributed by atoms with van der Waals surface area (Å²) in [5.41, 5.74) is 2.14. The number of anilines is 1. The summed E-state index contributed by atoms with van der Waals surface area (Å²) >= 11 is 5.88. The second-order valence-electron chi connectivity index (χ2n) is 6.91. The second-order valence-corrected chi connectivity index (χ2v) is 9.29. The van der Waals surface area contributed by atoms with Gasteiger partial charge in [-0.1, -0.05) is 48.9 Å². The third-order valence-corrected chi connectivity index (χ3v) is 6.77. The molecule has 0 fully saturated rings. The van der Waals surface area contributed by atoms with E-state index in [0.29, 0.717) is 16.3 Å². The van der Waals surface area contributed by atoms with E-state index in [-0.39, 0.29) is 11.4 Å². The Morgan fingerprint density at radius 1 is 1.00 bits per heavy atom. The van der Waals surface area contributed by atoms with E-state index in [9.17, 15) is 17.6 Å². The van der Waals surface area contributed by atoms with Gasteiger partial charge in [0, 0.05) is 17.3 Å². The Kier molecular flexibility index (Phi) is 7.43. The number of sulfonamides is 1. The lowest BCUT2D eigenvalue weighted by Gasteiger charge is -2.22. The molecule has 3 rings (SSSR count). The van der Waals surface area contributed by atoms with Crippen molar-refractivity contribution >= 4 is 33.2 Å². The first kappa shape index (κ1) is 22.9. The van der Waals surface area contributed by atoms with Gasteiger partial charge in [-0.2, -0.15) is 4.31 Å². The Hall–Kier alpha value is -2.74. The molecular formula is C23H22ClFN2O3S. The smallest absolute Gasteiger partial charge is 0.243 e. The zero-order valence-corrected chi connectivity index (χ0v) is 18.5. The van der Waals surface area contributed by atoms with Crippen molar-refractivity contribution in [3.63, 3.8) is 0 Å². The molecule has 0 aliphatic heterocycles. The second kappa shape index (κ2) is 10.0. The third-order valence-electron chi connectivity index (χ3n) is 4.72. The number of hydrogen-bond donors (Lipinski definition) is 1. The van der Waals surface area contributed by atoms with Gasteiger partial charge in [0.15, 0.2) is 0 Å². The van der Waals surface area contributed by atoms with Crippen molar-refractivity contribution in [2.24, 2.45) is 0 Å². The predicted octanol–water partition coefficient (Wildman–Crippen LogP) is 4.87. The zero-order valence-electron chi connectivity index (χ0n) is 16.9. The molecule has 0 aromatic heterocycles. The Labute approximate surface area is 186 Å². The molecule has 0 atom stereocenters. The number of nitrogens with one attached hydrogen (secondary N) is 1. The van der Waals surface area contributed by atoms with Gasteiger partial charge in [0.1, 0.15) is 5.82 Å². The van der Waals surface area contributed by atoms with E-state index < -0.39 is 28.3 Å². The number of nitrogens with zero attached hydrogens (tertiary/aromatic N) is 1. The summed E-state index contributed by atoms with van der Waals surface area (Å²) in [4.78, 5) is 12.8. The minimum Gasteiger partial charge on any atom is -0.325 e. The van der Waals surface area contributed by atoms with E-state index in [2.05, 4.69) is 5.32 Å². The molecular weight excluding hydrogens is 439 g/mol. The fourth-order valence-electron chi connectivity index (χ4n) is 3.08. The maximum atomic E-state index is 13.3. The van der Waals surface area contributed by atoms with Crippen LogP contribution in [0.1, 0.15) is 18.1 Å². The van der Waals surface area contributed by atoms with Gasteiger partial charge in [-0.3, -0.25) is 4.79 Å². The van der Waals surface area contributed by atoms with E-state index in [1.54, 1.807) is 12.1 Å². The van der Waals surface area contributed by atoms with Crippen LogP contribution in [0.4, 0.5) is 10.1 Å². The van der Waals surface area contributed by atoms with E-state index in [0.717, 1.165) is 16.3 Å². The van der Waals surface area contributed by atoms with Crippen molar-refractivity contribution in [3.8, 4) is 0 Å². The van der Waals surface area contributed by atoms with E-state index >= 15 is 0 Å². The fraction of sp³-hybridized carbons (Fsp3) is 0.174. The molecule has 0 saturated carbocycles. The molecule has 0 heterocycles. The number of aryl methyl sites for hydroxylation is 1. The molecule has 3 aromatic rings. The highest BCUT2D eigenvalue weighted by Gasteiger charge is 2.27. The lowest BCUT2D eigenvalue weighted by Crippen LogP contribution is -2.37. The topological polar surface area (TPSA) is 66.5 Å². The number of halogens is 2. The number of hydrogen-bond acceptors (Lipinski definition) is 3. The summed E-state index contributed by atoms with van der Waals surface area (Å²) < 4.78 is 40.8. The van der Waals surface area contributed by atoms with Crippen LogP contribution in [0, 0.1) is 5.82 Å². The van der Waals surface area contributed by atoms with Gasteiger partial charge in [0.05, 0.1) is 11.4 Å². The average Bonchev–Trinajstić information content (AvgIpc) is 2.75. The van der Waals surface area contributed by atoms with E-state index in [1.807, 2.05) is 19.1 Å². The molecule has 0 spiro atoms. The van der Waals surface area contributed by atoms with Crippen LogP contribution in [0.5, 0.6) is 0 Å². The Bertz CT molecular complexity index is 1150. The summed E-state index contributed by atoms with van der Waals surface area (Å²) in [6, 6.07) is 18.6. The van der Waals surface area contributed by atoms with Crippen molar-refractivity contribution < 1.29 is 17.6 Å². The maximum Gasteiger partial charge on any atom is 0.243 e. The van der Waals surface area contributed by atoms with Gasteiger partial charge >= 0.3 is 0 Å². The first-order chi connectivity index (χ1) is 14.8. The number of carbonyl (C=O) groups is 1. The summed E-state index contributed by atoms with van der Waals surface area (Å²) in [5, 5.41) is 3.19. The van der Waals surface area contributed by atoms with E-state index in [4.69, 9.17) is 11.6 Å². The van der Waals surface area contributed by atoms with Crippen LogP contribution in [-0.4, -0.2) is 25.2 Å². The number of para-hydroxylation sites is 1. The van der Waals surface area contributed by atoms with Crippen molar-refractivity contribution in [1.29, 1.82) is 0 Å². The normalized spacial score (nSPS) is 11.5. The highest BCUT2D eigenvalue weighted by Crippen LogP contribution is 2.21. The van der Waals surface area contributed by atoms with Crippen molar-refractivity contribution in [2.45, 2.75) is 24.8 Å². The lowest BCUT2D eigenvalue weighted by molar-refractivity contribution is -0.116. The van der Waals surface area contributed by atoms with Crippen molar-refractivity contribution in [3.05, 3.63) is 94.8 Å². The van der Waals surface area contributed by atoms with Crippen LogP contribution in [0.2, 0.25) is 5.02 Å². The zero-order chi connectivity index (χ0) is 22.4. The van der Waals surface area contributed by atoms with Crippen LogP contribution in [0.15, 0.2) is 77.7 Å². The molecule has 0 aliphatic rings. The monoisotopic (exact) mass is 460 g/mol. The van der Waals surface area contributed by atoms with Gasteiger partial charge < -0.3 is 5.32 Å². The van der Waals surface area contributed by atoms with E-state index in [1.165, 1.54) is 48.5 Å². The molecule has 3 aromatic carbocycles. The highest BCUT2D eigenvalue weighted by molar-refractivity contribution is 7.89. The molecule has 5 nitrogen and oxygen atoms in total. The largest absolute Gasteiger partial charge is 0.325 e. The van der Waals surface area contributed by atoms with Crippen LogP contribution in [0.3, 0.4) is 0 Å². The number of benzene rings is 3. The molecule has 1 amide bonds. The standard InChI is InChI=1S/C23H22ClFN2O3S/c1-2-18-5-3-4-6-22(18)26-23(28)16-27(15-17-7-11-20(25)12-8-17)31(29,30)21-13-9-19(24)10-14-21/h3-14H,2,15-16H2,1H3,(H,26,28). The van der Waals surface area contributed by atoms with Crippen LogP contribution in [-0.2, 0) is 27.8 Å². The summed E-state index contributed by atoms with van der Waals surface area (Å²) in [5.74, 6) is -0.898. The SMILES string of the molecule is CCc1ccccc1NC(=O)CN(Cc1ccc(F)cc1)S(=O)(=O)c1ccc(Cl)cc1. The summed E-state index contributed by atoms with van der Waals surface area (Å²) in [7, 11) is -4.01. The van der Waals surface area contributed by atoms with Gasteiger partial charge in [-0.15, -0.1) is 0 Å². The highest BCUT2D eigenvalue weighted by atomic mass is 35.5. The van der Waals surface area contributed by atoms with Gasteiger partial charge in [0.2, 0.25) is 15.9 Å². The van der Waals surface area contributed by atoms with Crippen molar-refractivity contribution in [1.82, 2.24) is 4.31 Å². The molecule has 0 aliphatic carbocycles. The molecule has 8 heteroatoms. The molecule has 162 valence electrons. The molecule has 0 radical (unpaired) electrons. The maximum absolute atomic E-state index is 13.3. The number of amides is 1. The quantitative estimate of drug-likeness (QED) is 0.521. The first-order valence-electron chi connectivity index (χ1n) is 9.67. The molecule has 1 N–H and O–H groups in total. The average molecular weight is 461 g/mol.